The Morgan fingerprint density at radius 1 is 1.33 bits per heavy atom. The fourth-order valence-corrected chi connectivity index (χ4v) is 3.80. The third-order valence-electron chi connectivity index (χ3n) is 4.50. The second kappa shape index (κ2) is 5.59. The fraction of sp³-hybridized carbons (Fsp3) is 0.353. The minimum absolute atomic E-state index is 0.00628. The molecule has 1 amide bonds. The van der Waals surface area contributed by atoms with E-state index < -0.39 is 0 Å². The van der Waals surface area contributed by atoms with Crippen LogP contribution in [-0.4, -0.2) is 38.0 Å². The van der Waals surface area contributed by atoms with Gasteiger partial charge >= 0.3 is 5.69 Å². The Hall–Kier alpha value is -2.41. The number of carbonyl (C=O) groups is 1. The molecule has 7 heteroatoms. The molecule has 0 atom stereocenters. The molecular weight excluding hydrogens is 324 g/mol. The van der Waals surface area contributed by atoms with Crippen molar-refractivity contribution in [2.24, 2.45) is 7.05 Å². The van der Waals surface area contributed by atoms with E-state index in [2.05, 4.69) is 24.0 Å². The van der Waals surface area contributed by atoms with Gasteiger partial charge < -0.3 is 4.90 Å². The number of amides is 1. The molecule has 4 rings (SSSR count). The summed E-state index contributed by atoms with van der Waals surface area (Å²) >= 11 is 1.69. The van der Waals surface area contributed by atoms with Crippen molar-refractivity contribution in [1.82, 2.24) is 19.0 Å². The Morgan fingerprint density at radius 2 is 2.12 bits per heavy atom. The Bertz CT molecular complexity index is 994. The van der Waals surface area contributed by atoms with Crippen LogP contribution in [-0.2, 0) is 18.4 Å². The van der Waals surface area contributed by atoms with Crippen LogP contribution in [0.2, 0.25) is 0 Å². The number of aryl methyl sites for hydroxylation is 2. The molecule has 6 nitrogen and oxygen atoms in total. The zero-order chi connectivity index (χ0) is 16.8. The summed E-state index contributed by atoms with van der Waals surface area (Å²) in [6, 6.07) is 6.08. The lowest BCUT2D eigenvalue weighted by atomic mass is 10.2. The number of rotatable bonds is 3. The summed E-state index contributed by atoms with van der Waals surface area (Å²) in [5, 5.41) is 0. The third-order valence-corrected chi connectivity index (χ3v) is 5.55. The van der Waals surface area contributed by atoms with E-state index in [-0.39, 0.29) is 18.1 Å². The largest absolute Gasteiger partial charge is 0.341 e. The number of thiophene rings is 1. The van der Waals surface area contributed by atoms with Crippen molar-refractivity contribution < 1.29 is 4.79 Å². The van der Waals surface area contributed by atoms with Crippen molar-refractivity contribution in [3.63, 3.8) is 0 Å². The van der Waals surface area contributed by atoms with Gasteiger partial charge in [-0.25, -0.2) is 9.78 Å². The van der Waals surface area contributed by atoms with Gasteiger partial charge in [-0.2, -0.15) is 0 Å². The zero-order valence-electron chi connectivity index (χ0n) is 13.7. The van der Waals surface area contributed by atoms with E-state index in [9.17, 15) is 9.59 Å². The Morgan fingerprint density at radius 3 is 2.75 bits per heavy atom. The van der Waals surface area contributed by atoms with Crippen molar-refractivity contribution in [3.05, 3.63) is 39.8 Å². The van der Waals surface area contributed by atoms with E-state index in [1.54, 1.807) is 29.5 Å². The van der Waals surface area contributed by atoms with Crippen LogP contribution in [0.25, 0.3) is 21.6 Å². The quantitative estimate of drug-likeness (QED) is 0.731. The predicted molar refractivity (Wildman–Crippen MR) is 94.2 cm³/mol. The molecule has 124 valence electrons. The van der Waals surface area contributed by atoms with Crippen LogP contribution in [0.5, 0.6) is 0 Å². The van der Waals surface area contributed by atoms with Crippen LogP contribution in [0, 0.1) is 6.92 Å². The van der Waals surface area contributed by atoms with E-state index >= 15 is 0 Å². The molecule has 0 bridgehead atoms. The lowest BCUT2D eigenvalue weighted by molar-refractivity contribution is -0.135. The highest BCUT2D eigenvalue weighted by atomic mass is 32.1. The Balaban J connectivity index is 1.80. The minimum atomic E-state index is -0.203. The normalized spacial score (nSPS) is 14.2. The van der Waals surface area contributed by atoms with Crippen molar-refractivity contribution in [1.29, 1.82) is 0 Å². The molecule has 0 aromatic carbocycles. The van der Waals surface area contributed by atoms with E-state index in [4.69, 9.17) is 0 Å². The van der Waals surface area contributed by atoms with Gasteiger partial charge in [0.15, 0.2) is 5.65 Å². The van der Waals surface area contributed by atoms with Gasteiger partial charge in [-0.1, -0.05) is 0 Å². The molecule has 1 aliphatic heterocycles. The van der Waals surface area contributed by atoms with Crippen molar-refractivity contribution >= 4 is 28.4 Å². The number of hydrogen-bond donors (Lipinski definition) is 0. The van der Waals surface area contributed by atoms with Crippen LogP contribution in [0.15, 0.2) is 29.2 Å². The SMILES string of the molecule is Cc1ccc(-c2cnc3c(c2)n(CC(=O)N2CCC2)c(=O)n3C)s1. The Labute approximate surface area is 143 Å². The summed E-state index contributed by atoms with van der Waals surface area (Å²) in [4.78, 5) is 33.4. The summed E-state index contributed by atoms with van der Waals surface area (Å²) in [6.45, 7) is 3.71. The van der Waals surface area contributed by atoms with Crippen LogP contribution in [0.3, 0.4) is 0 Å². The average Bonchev–Trinajstić information content (AvgIpc) is 3.03. The van der Waals surface area contributed by atoms with Crippen LogP contribution < -0.4 is 5.69 Å². The molecule has 0 aliphatic carbocycles. The van der Waals surface area contributed by atoms with Crippen LogP contribution >= 0.6 is 11.3 Å². The van der Waals surface area contributed by atoms with E-state index in [0.29, 0.717) is 11.2 Å². The summed E-state index contributed by atoms with van der Waals surface area (Å²) in [5.41, 5.74) is 2.08. The molecule has 0 spiro atoms. The molecule has 0 unspecified atom stereocenters. The monoisotopic (exact) mass is 342 g/mol. The number of likely N-dealkylation sites (tertiary alicyclic amines) is 1. The van der Waals surface area contributed by atoms with Crippen LogP contribution in [0.1, 0.15) is 11.3 Å². The van der Waals surface area contributed by atoms with Gasteiger partial charge in [-0.3, -0.25) is 13.9 Å². The van der Waals surface area contributed by atoms with Crippen LogP contribution in [0.4, 0.5) is 0 Å². The van der Waals surface area contributed by atoms with Gasteiger partial charge in [0, 0.05) is 41.7 Å². The number of hydrogen-bond acceptors (Lipinski definition) is 4. The van der Waals surface area contributed by atoms with Gasteiger partial charge in [0.1, 0.15) is 6.54 Å². The summed E-state index contributed by atoms with van der Waals surface area (Å²) < 4.78 is 3.04. The first-order valence-electron chi connectivity index (χ1n) is 7.94. The standard InChI is InChI=1S/C17H18N4O2S/c1-11-4-5-14(24-11)12-8-13-16(18-9-12)19(2)17(23)21(13)10-15(22)20-6-3-7-20/h4-5,8-9H,3,6-7,10H2,1-2H3. The minimum Gasteiger partial charge on any atom is -0.341 e. The molecule has 1 saturated heterocycles. The van der Waals surface area contributed by atoms with Gasteiger partial charge in [-0.05, 0) is 31.5 Å². The molecule has 3 aromatic rings. The lowest BCUT2D eigenvalue weighted by Gasteiger charge is -2.30. The van der Waals surface area contributed by atoms with E-state index in [1.807, 2.05) is 6.07 Å². The molecule has 1 fully saturated rings. The molecule has 4 heterocycles. The van der Waals surface area contributed by atoms with Gasteiger partial charge in [0.2, 0.25) is 5.91 Å². The molecular formula is C17H18N4O2S. The first-order valence-corrected chi connectivity index (χ1v) is 8.76. The Kier molecular flexibility index (Phi) is 3.53. The second-order valence-corrected chi connectivity index (χ2v) is 7.43. The highest BCUT2D eigenvalue weighted by Gasteiger charge is 2.23. The number of aromatic nitrogens is 3. The maximum Gasteiger partial charge on any atom is 0.330 e. The van der Waals surface area contributed by atoms with Crippen molar-refractivity contribution in [3.8, 4) is 10.4 Å². The van der Waals surface area contributed by atoms with Gasteiger partial charge in [-0.15, -0.1) is 11.3 Å². The number of pyridine rings is 1. The highest BCUT2D eigenvalue weighted by Crippen LogP contribution is 2.28. The molecule has 3 aromatic heterocycles. The van der Waals surface area contributed by atoms with Gasteiger partial charge in [0.05, 0.1) is 5.52 Å². The molecule has 0 radical (unpaired) electrons. The van der Waals surface area contributed by atoms with E-state index in [1.165, 1.54) is 14.0 Å². The molecule has 0 saturated carbocycles. The maximum atomic E-state index is 12.5. The summed E-state index contributed by atoms with van der Waals surface area (Å²) in [5.74, 6) is -0.00628. The molecule has 1 aliphatic rings. The maximum absolute atomic E-state index is 12.5. The predicted octanol–water partition coefficient (Wildman–Crippen LogP) is 2.00. The summed E-state index contributed by atoms with van der Waals surface area (Å²) in [6.07, 6.45) is 2.83. The zero-order valence-corrected chi connectivity index (χ0v) is 14.5. The third kappa shape index (κ3) is 2.36. The van der Waals surface area contributed by atoms with Crippen molar-refractivity contribution in [2.45, 2.75) is 19.9 Å². The number of nitrogens with zero attached hydrogens (tertiary/aromatic N) is 4. The second-order valence-electron chi connectivity index (χ2n) is 6.14. The first-order chi connectivity index (χ1) is 11.5. The number of carbonyl (C=O) groups excluding carboxylic acids is 1. The van der Waals surface area contributed by atoms with E-state index in [0.717, 1.165) is 30.0 Å². The number of fused-ring (bicyclic) bond motifs is 1. The highest BCUT2D eigenvalue weighted by molar-refractivity contribution is 7.15. The lowest BCUT2D eigenvalue weighted by Crippen LogP contribution is -2.44. The topological polar surface area (TPSA) is 60.1 Å². The average molecular weight is 342 g/mol. The molecule has 24 heavy (non-hydrogen) atoms. The van der Waals surface area contributed by atoms with Gasteiger partial charge in [0.25, 0.3) is 0 Å². The number of imidazole rings is 1. The molecule has 0 N–H and O–H groups in total. The smallest absolute Gasteiger partial charge is 0.330 e. The first kappa shape index (κ1) is 15.1. The van der Waals surface area contributed by atoms with Crippen molar-refractivity contribution in [2.75, 3.05) is 13.1 Å². The summed E-state index contributed by atoms with van der Waals surface area (Å²) in [7, 11) is 1.69. The fourth-order valence-electron chi connectivity index (χ4n) is 2.96.